The summed E-state index contributed by atoms with van der Waals surface area (Å²) in [6.07, 6.45) is 2.01. The third-order valence-corrected chi connectivity index (χ3v) is 3.07. The molecule has 2 nitrogen and oxygen atoms in total. The highest BCUT2D eigenvalue weighted by Gasteiger charge is 2.25. The van der Waals surface area contributed by atoms with E-state index in [1.807, 2.05) is 11.9 Å². The van der Waals surface area contributed by atoms with E-state index in [-0.39, 0.29) is 5.91 Å². The van der Waals surface area contributed by atoms with Crippen molar-refractivity contribution < 1.29 is 4.79 Å². The van der Waals surface area contributed by atoms with Gasteiger partial charge in [0.2, 0.25) is 5.91 Å². The van der Waals surface area contributed by atoms with E-state index in [0.717, 1.165) is 12.8 Å². The maximum atomic E-state index is 11.2. The topological polar surface area (TPSA) is 20.3 Å². The molecule has 74 valence electrons. The normalized spacial score (nSPS) is 15.3. The highest BCUT2D eigenvalue weighted by atomic mass is 16.2. The first-order chi connectivity index (χ1) is 6.68. The lowest BCUT2D eigenvalue weighted by Gasteiger charge is -2.22. The third kappa shape index (κ3) is 1.52. The monoisotopic (exact) mass is 189 g/mol. The number of carbonyl (C=O) groups is 1. The Morgan fingerprint density at radius 3 is 2.21 bits per heavy atom. The van der Waals surface area contributed by atoms with Crippen LogP contribution in [0.15, 0.2) is 24.3 Å². The molecule has 0 atom stereocenters. The minimum Gasteiger partial charge on any atom is -0.342 e. The summed E-state index contributed by atoms with van der Waals surface area (Å²) in [7, 11) is 1.89. The van der Waals surface area contributed by atoms with E-state index in [4.69, 9.17) is 0 Å². The van der Waals surface area contributed by atoms with Crippen LogP contribution in [0.25, 0.3) is 0 Å². The number of rotatable bonds is 1. The smallest absolute Gasteiger partial charge is 0.219 e. The lowest BCUT2D eigenvalue weighted by molar-refractivity contribution is -0.129. The van der Waals surface area contributed by atoms with Gasteiger partial charge in [-0.25, -0.2) is 0 Å². The van der Waals surface area contributed by atoms with E-state index >= 15 is 0 Å². The SMILES string of the molecule is CC(=O)N(C)C1Cc2ccccc2C1. The first kappa shape index (κ1) is 9.25. The maximum Gasteiger partial charge on any atom is 0.219 e. The molecule has 0 saturated carbocycles. The number of nitrogens with zero attached hydrogens (tertiary/aromatic N) is 1. The standard InChI is InChI=1S/C12H15NO/c1-9(14)13(2)12-7-10-5-3-4-6-11(10)8-12/h3-6,12H,7-8H2,1-2H3. The summed E-state index contributed by atoms with van der Waals surface area (Å²) in [5.41, 5.74) is 2.79. The number of hydrogen-bond acceptors (Lipinski definition) is 1. The zero-order chi connectivity index (χ0) is 10.1. The molecule has 0 heterocycles. The third-order valence-electron chi connectivity index (χ3n) is 3.07. The Morgan fingerprint density at radius 2 is 1.79 bits per heavy atom. The predicted molar refractivity (Wildman–Crippen MR) is 56.1 cm³/mol. The van der Waals surface area contributed by atoms with Crippen LogP contribution in [0.5, 0.6) is 0 Å². The van der Waals surface area contributed by atoms with Crippen LogP contribution < -0.4 is 0 Å². The number of amides is 1. The summed E-state index contributed by atoms with van der Waals surface area (Å²) < 4.78 is 0. The summed E-state index contributed by atoms with van der Waals surface area (Å²) >= 11 is 0. The van der Waals surface area contributed by atoms with Gasteiger partial charge in [-0.15, -0.1) is 0 Å². The van der Waals surface area contributed by atoms with Gasteiger partial charge in [0, 0.05) is 20.0 Å². The van der Waals surface area contributed by atoms with E-state index in [1.165, 1.54) is 11.1 Å². The Labute approximate surface area is 84.5 Å². The van der Waals surface area contributed by atoms with Crippen LogP contribution in [0.3, 0.4) is 0 Å². The second kappa shape index (κ2) is 3.45. The Kier molecular flexibility index (Phi) is 2.28. The molecule has 0 saturated heterocycles. The fraction of sp³-hybridized carbons (Fsp3) is 0.417. The first-order valence-electron chi connectivity index (χ1n) is 4.98. The molecule has 0 aliphatic heterocycles. The van der Waals surface area contributed by atoms with Gasteiger partial charge in [0.25, 0.3) is 0 Å². The molecule has 2 heteroatoms. The van der Waals surface area contributed by atoms with E-state index in [2.05, 4.69) is 24.3 Å². The predicted octanol–water partition coefficient (Wildman–Crippen LogP) is 1.63. The number of hydrogen-bond donors (Lipinski definition) is 0. The van der Waals surface area contributed by atoms with Crippen molar-refractivity contribution in [2.24, 2.45) is 0 Å². The molecule has 2 rings (SSSR count). The van der Waals surface area contributed by atoms with Crippen LogP contribution in [-0.2, 0) is 17.6 Å². The largest absolute Gasteiger partial charge is 0.342 e. The van der Waals surface area contributed by atoms with Crippen molar-refractivity contribution in [3.8, 4) is 0 Å². The van der Waals surface area contributed by atoms with Crippen molar-refractivity contribution >= 4 is 5.91 Å². The summed E-state index contributed by atoms with van der Waals surface area (Å²) in [6, 6.07) is 8.81. The lowest BCUT2D eigenvalue weighted by Crippen LogP contribution is -2.35. The maximum absolute atomic E-state index is 11.2. The molecule has 0 radical (unpaired) electrons. The molecule has 1 amide bonds. The molecule has 0 spiro atoms. The van der Waals surface area contributed by atoms with Crippen molar-refractivity contribution in [1.82, 2.24) is 4.90 Å². The van der Waals surface area contributed by atoms with Crippen molar-refractivity contribution in [2.75, 3.05) is 7.05 Å². The van der Waals surface area contributed by atoms with Gasteiger partial charge in [-0.1, -0.05) is 24.3 Å². The molecule has 1 aromatic carbocycles. The molecule has 1 aliphatic carbocycles. The van der Waals surface area contributed by atoms with Crippen molar-refractivity contribution in [1.29, 1.82) is 0 Å². The fourth-order valence-electron chi connectivity index (χ4n) is 2.07. The molecule has 14 heavy (non-hydrogen) atoms. The van der Waals surface area contributed by atoms with Gasteiger partial charge in [-0.3, -0.25) is 4.79 Å². The van der Waals surface area contributed by atoms with E-state index in [1.54, 1.807) is 6.92 Å². The van der Waals surface area contributed by atoms with Crippen LogP contribution in [0, 0.1) is 0 Å². The Bertz CT molecular complexity index is 334. The molecule has 1 aromatic rings. The minimum absolute atomic E-state index is 0.155. The average molecular weight is 189 g/mol. The molecule has 0 unspecified atom stereocenters. The Hall–Kier alpha value is -1.31. The molecule has 0 bridgehead atoms. The highest BCUT2D eigenvalue weighted by molar-refractivity contribution is 5.73. The number of fused-ring (bicyclic) bond motifs is 1. The van der Waals surface area contributed by atoms with Crippen molar-refractivity contribution in [3.05, 3.63) is 35.4 Å². The molecule has 0 aromatic heterocycles. The zero-order valence-corrected chi connectivity index (χ0v) is 8.66. The highest BCUT2D eigenvalue weighted by Crippen LogP contribution is 2.24. The quantitative estimate of drug-likeness (QED) is 0.657. The molecule has 0 fully saturated rings. The van der Waals surface area contributed by atoms with Crippen LogP contribution >= 0.6 is 0 Å². The lowest BCUT2D eigenvalue weighted by atomic mass is 10.1. The number of carbonyl (C=O) groups excluding carboxylic acids is 1. The van der Waals surface area contributed by atoms with E-state index < -0.39 is 0 Å². The van der Waals surface area contributed by atoms with E-state index in [9.17, 15) is 4.79 Å². The Balaban J connectivity index is 2.15. The van der Waals surface area contributed by atoms with E-state index in [0.29, 0.717) is 6.04 Å². The van der Waals surface area contributed by atoms with Gasteiger partial charge in [0.15, 0.2) is 0 Å². The van der Waals surface area contributed by atoms with Gasteiger partial charge < -0.3 is 4.90 Å². The summed E-state index contributed by atoms with van der Waals surface area (Å²) in [6.45, 7) is 1.63. The minimum atomic E-state index is 0.155. The summed E-state index contributed by atoms with van der Waals surface area (Å²) in [5, 5.41) is 0. The molecular formula is C12H15NO. The Morgan fingerprint density at radius 1 is 1.29 bits per heavy atom. The van der Waals surface area contributed by atoms with Crippen LogP contribution in [-0.4, -0.2) is 23.9 Å². The van der Waals surface area contributed by atoms with Gasteiger partial charge in [-0.05, 0) is 24.0 Å². The van der Waals surface area contributed by atoms with Crippen molar-refractivity contribution in [2.45, 2.75) is 25.8 Å². The van der Waals surface area contributed by atoms with Crippen LogP contribution in [0.4, 0.5) is 0 Å². The summed E-state index contributed by atoms with van der Waals surface area (Å²) in [4.78, 5) is 13.1. The average Bonchev–Trinajstić information content (AvgIpc) is 2.59. The summed E-state index contributed by atoms with van der Waals surface area (Å²) in [5.74, 6) is 0.155. The molecule has 1 aliphatic rings. The zero-order valence-electron chi connectivity index (χ0n) is 8.66. The molecular weight excluding hydrogens is 174 g/mol. The first-order valence-corrected chi connectivity index (χ1v) is 4.98. The van der Waals surface area contributed by atoms with Crippen LogP contribution in [0.1, 0.15) is 18.1 Å². The van der Waals surface area contributed by atoms with Crippen LogP contribution in [0.2, 0.25) is 0 Å². The number of benzene rings is 1. The fourth-order valence-corrected chi connectivity index (χ4v) is 2.07. The molecule has 0 N–H and O–H groups in total. The van der Waals surface area contributed by atoms with Gasteiger partial charge in [0.1, 0.15) is 0 Å². The van der Waals surface area contributed by atoms with Crippen molar-refractivity contribution in [3.63, 3.8) is 0 Å². The second-order valence-corrected chi connectivity index (χ2v) is 3.96. The van der Waals surface area contributed by atoms with Gasteiger partial charge in [0.05, 0.1) is 0 Å². The van der Waals surface area contributed by atoms with Gasteiger partial charge >= 0.3 is 0 Å². The second-order valence-electron chi connectivity index (χ2n) is 3.96. The number of likely N-dealkylation sites (N-methyl/N-ethyl adjacent to an activating group) is 1. The van der Waals surface area contributed by atoms with Gasteiger partial charge in [-0.2, -0.15) is 0 Å².